The molecule has 8 nitrogen and oxygen atoms in total. The summed E-state index contributed by atoms with van der Waals surface area (Å²) in [7, 11) is 0. The van der Waals surface area contributed by atoms with Gasteiger partial charge in [0.25, 0.3) is 5.56 Å². The number of amides is 2. The third kappa shape index (κ3) is 5.22. The maximum absolute atomic E-state index is 13.4. The van der Waals surface area contributed by atoms with Gasteiger partial charge in [0.2, 0.25) is 5.91 Å². The number of benzene rings is 1. The minimum absolute atomic E-state index is 0.0311. The van der Waals surface area contributed by atoms with E-state index < -0.39 is 0 Å². The van der Waals surface area contributed by atoms with Crippen LogP contribution in [0, 0.1) is 6.92 Å². The molecule has 2 aliphatic rings. The van der Waals surface area contributed by atoms with Crippen LogP contribution in [0.2, 0.25) is 0 Å². The molecular weight excluding hydrogens is 460 g/mol. The molecule has 1 aromatic carbocycles. The Kier molecular flexibility index (Phi) is 7.33. The molecule has 3 heterocycles. The minimum atomic E-state index is -0.337. The summed E-state index contributed by atoms with van der Waals surface area (Å²) in [5, 5.41) is 0.847. The summed E-state index contributed by atoms with van der Waals surface area (Å²) in [6.45, 7) is 8.05. The third-order valence-electron chi connectivity index (χ3n) is 5.66. The second-order valence-corrected chi connectivity index (χ2v) is 10.5. The van der Waals surface area contributed by atoms with Crippen LogP contribution in [0.25, 0.3) is 5.69 Å². The van der Waals surface area contributed by atoms with Crippen LogP contribution in [0.5, 0.6) is 0 Å². The average Bonchev–Trinajstić information content (AvgIpc) is 3.19. The number of nitrogens with zero attached hydrogens (tertiary/aromatic N) is 4. The highest BCUT2D eigenvalue weighted by molar-refractivity contribution is 8.00. The SMILES string of the molecule is CCOC(=O)N1CCN(C(=O)CSc2nc3c(c(=O)n2-c2ccc(C)cc2)SC(C)C3)CC1. The smallest absolute Gasteiger partial charge is 0.409 e. The van der Waals surface area contributed by atoms with E-state index in [4.69, 9.17) is 9.72 Å². The molecule has 0 N–H and O–H groups in total. The van der Waals surface area contributed by atoms with Crippen LogP contribution in [-0.4, -0.2) is 75.1 Å². The lowest BCUT2D eigenvalue weighted by atomic mass is 10.2. The van der Waals surface area contributed by atoms with Crippen molar-refractivity contribution in [2.75, 3.05) is 38.5 Å². The van der Waals surface area contributed by atoms with Crippen LogP contribution in [0.1, 0.15) is 25.1 Å². The van der Waals surface area contributed by atoms with Gasteiger partial charge in [0.1, 0.15) is 0 Å². The van der Waals surface area contributed by atoms with Crippen LogP contribution in [0.15, 0.2) is 39.1 Å². The number of thioether (sulfide) groups is 2. The first-order chi connectivity index (χ1) is 15.9. The first kappa shape index (κ1) is 23.7. The molecule has 4 rings (SSSR count). The van der Waals surface area contributed by atoms with Crippen LogP contribution in [0.3, 0.4) is 0 Å². The number of hydrogen-bond acceptors (Lipinski definition) is 7. The molecule has 0 bridgehead atoms. The largest absolute Gasteiger partial charge is 0.450 e. The van der Waals surface area contributed by atoms with Gasteiger partial charge in [0, 0.05) is 37.8 Å². The minimum Gasteiger partial charge on any atom is -0.450 e. The Labute approximate surface area is 201 Å². The van der Waals surface area contributed by atoms with E-state index in [1.165, 1.54) is 11.8 Å². The van der Waals surface area contributed by atoms with E-state index in [1.54, 1.807) is 33.1 Å². The van der Waals surface area contributed by atoms with Gasteiger partial charge in [-0.15, -0.1) is 11.8 Å². The van der Waals surface area contributed by atoms with Gasteiger partial charge < -0.3 is 14.5 Å². The van der Waals surface area contributed by atoms with Crippen LogP contribution < -0.4 is 5.56 Å². The zero-order chi connectivity index (χ0) is 23.5. The van der Waals surface area contributed by atoms with Crippen molar-refractivity contribution in [1.29, 1.82) is 0 Å². The van der Waals surface area contributed by atoms with Crippen LogP contribution in [0.4, 0.5) is 4.79 Å². The normalized spacial score (nSPS) is 17.7. The quantitative estimate of drug-likeness (QED) is 0.473. The number of aromatic nitrogens is 2. The van der Waals surface area contributed by atoms with Crippen molar-refractivity contribution in [3.8, 4) is 5.69 Å². The molecule has 10 heteroatoms. The van der Waals surface area contributed by atoms with Gasteiger partial charge in [-0.2, -0.15) is 0 Å². The highest BCUT2D eigenvalue weighted by Crippen LogP contribution is 2.35. The molecule has 33 heavy (non-hydrogen) atoms. The van der Waals surface area contributed by atoms with Gasteiger partial charge in [-0.3, -0.25) is 14.2 Å². The Balaban J connectivity index is 1.50. The lowest BCUT2D eigenvalue weighted by molar-refractivity contribution is -0.129. The fraction of sp³-hybridized carbons (Fsp3) is 0.478. The summed E-state index contributed by atoms with van der Waals surface area (Å²) in [6, 6.07) is 7.75. The van der Waals surface area contributed by atoms with Crippen molar-refractivity contribution in [2.24, 2.45) is 0 Å². The maximum Gasteiger partial charge on any atom is 0.409 e. The summed E-state index contributed by atoms with van der Waals surface area (Å²) >= 11 is 2.86. The first-order valence-electron chi connectivity index (χ1n) is 11.1. The van der Waals surface area contributed by atoms with Gasteiger partial charge >= 0.3 is 6.09 Å². The molecule has 2 aliphatic heterocycles. The molecular formula is C23H28N4O4S2. The number of carbonyl (C=O) groups excluding carboxylic acids is 2. The number of piperazine rings is 1. The van der Waals surface area contributed by atoms with Crippen molar-refractivity contribution in [1.82, 2.24) is 19.4 Å². The Hall–Kier alpha value is -2.46. The van der Waals surface area contributed by atoms with Crippen molar-refractivity contribution >= 4 is 35.5 Å². The number of fused-ring (bicyclic) bond motifs is 1. The zero-order valence-electron chi connectivity index (χ0n) is 19.1. The summed E-state index contributed by atoms with van der Waals surface area (Å²) in [4.78, 5) is 47.0. The van der Waals surface area contributed by atoms with E-state index in [2.05, 4.69) is 6.92 Å². The molecule has 2 aromatic rings. The molecule has 1 aromatic heterocycles. The molecule has 1 atom stereocenters. The molecule has 1 unspecified atom stereocenters. The number of rotatable bonds is 5. The molecule has 0 aliphatic carbocycles. The standard InChI is InChI=1S/C23H28N4O4S2/c1-4-31-23(30)26-11-9-25(10-12-26)19(28)14-32-22-24-18-13-16(3)33-20(18)21(29)27(22)17-7-5-15(2)6-8-17/h5-8,16H,4,9-14H2,1-3H3. The van der Waals surface area contributed by atoms with Gasteiger partial charge in [-0.1, -0.05) is 36.4 Å². The van der Waals surface area contributed by atoms with Crippen LogP contribution in [-0.2, 0) is 16.0 Å². The second kappa shape index (κ2) is 10.2. The van der Waals surface area contributed by atoms with Crippen LogP contribution >= 0.6 is 23.5 Å². The fourth-order valence-corrected chi connectivity index (χ4v) is 5.92. The Morgan fingerprint density at radius 2 is 1.82 bits per heavy atom. The summed E-state index contributed by atoms with van der Waals surface area (Å²) in [6.07, 6.45) is 0.414. The van der Waals surface area contributed by atoms with E-state index >= 15 is 0 Å². The van der Waals surface area contributed by atoms with Gasteiger partial charge in [-0.25, -0.2) is 9.78 Å². The van der Waals surface area contributed by atoms with Crippen molar-refractivity contribution < 1.29 is 14.3 Å². The fourth-order valence-electron chi connectivity index (χ4n) is 3.89. The van der Waals surface area contributed by atoms with E-state index in [-0.39, 0.29) is 23.3 Å². The summed E-state index contributed by atoms with van der Waals surface area (Å²) < 4.78 is 6.66. The third-order valence-corrected chi connectivity index (χ3v) is 7.79. The topological polar surface area (TPSA) is 84.7 Å². The molecule has 0 saturated carbocycles. The van der Waals surface area contributed by atoms with Gasteiger partial charge in [0.05, 0.1) is 28.6 Å². The highest BCUT2D eigenvalue weighted by atomic mass is 32.2. The maximum atomic E-state index is 13.4. The Morgan fingerprint density at radius 3 is 2.48 bits per heavy atom. The monoisotopic (exact) mass is 488 g/mol. The summed E-state index contributed by atoms with van der Waals surface area (Å²) in [5.41, 5.74) is 2.60. The molecule has 0 radical (unpaired) electrons. The molecule has 2 amide bonds. The highest BCUT2D eigenvalue weighted by Gasteiger charge is 2.28. The average molecular weight is 489 g/mol. The number of aryl methyl sites for hydroxylation is 1. The van der Waals surface area contributed by atoms with Gasteiger partial charge in [0.15, 0.2) is 5.16 Å². The van der Waals surface area contributed by atoms with Crippen molar-refractivity contribution in [3.05, 3.63) is 45.9 Å². The molecule has 0 spiro atoms. The molecule has 176 valence electrons. The lowest BCUT2D eigenvalue weighted by Gasteiger charge is -2.34. The van der Waals surface area contributed by atoms with E-state index in [9.17, 15) is 14.4 Å². The molecule has 1 saturated heterocycles. The summed E-state index contributed by atoms with van der Waals surface area (Å²) in [5.74, 6) is 0.149. The van der Waals surface area contributed by atoms with Crippen molar-refractivity contribution in [2.45, 2.75) is 42.5 Å². The molecule has 1 fully saturated rings. The zero-order valence-corrected chi connectivity index (χ0v) is 20.7. The predicted octanol–water partition coefficient (Wildman–Crippen LogP) is 2.97. The Bertz CT molecular complexity index is 1090. The second-order valence-electron chi connectivity index (χ2n) is 8.13. The van der Waals surface area contributed by atoms with E-state index in [1.807, 2.05) is 31.2 Å². The van der Waals surface area contributed by atoms with E-state index in [0.29, 0.717) is 48.1 Å². The predicted molar refractivity (Wildman–Crippen MR) is 129 cm³/mol. The van der Waals surface area contributed by atoms with E-state index in [0.717, 1.165) is 23.4 Å². The number of hydrogen-bond donors (Lipinski definition) is 0. The number of ether oxygens (including phenoxy) is 1. The van der Waals surface area contributed by atoms with Gasteiger partial charge in [-0.05, 0) is 26.0 Å². The first-order valence-corrected chi connectivity index (χ1v) is 13.0. The lowest BCUT2D eigenvalue weighted by Crippen LogP contribution is -2.51. The Morgan fingerprint density at radius 1 is 1.15 bits per heavy atom. The number of carbonyl (C=O) groups is 2. The van der Waals surface area contributed by atoms with Crippen molar-refractivity contribution in [3.63, 3.8) is 0 Å².